The molecule has 1 aliphatic rings. The van der Waals surface area contributed by atoms with Crippen LogP contribution in [0.4, 0.5) is 0 Å². The Morgan fingerprint density at radius 3 is 2.87 bits per heavy atom. The molecule has 0 fully saturated rings. The van der Waals surface area contributed by atoms with Crippen molar-refractivity contribution in [2.75, 3.05) is 0 Å². The predicted octanol–water partition coefficient (Wildman–Crippen LogP) is 2.36. The lowest BCUT2D eigenvalue weighted by Crippen LogP contribution is -2.32. The van der Waals surface area contributed by atoms with Crippen molar-refractivity contribution >= 4 is 0 Å². The van der Waals surface area contributed by atoms with Crippen molar-refractivity contribution in [2.45, 2.75) is 44.7 Å². The fourth-order valence-corrected chi connectivity index (χ4v) is 2.12. The number of aromatic nitrogens is 2. The first-order chi connectivity index (χ1) is 7.09. The molecule has 3 nitrogen and oxygen atoms in total. The Bertz CT molecular complexity index is 357. The standard InChI is InChI=1S/C12H19N3/c1-12(2,13)11-8-14-9-15(11)10-6-4-3-5-7-10/h3-4,8-10H,5-7,13H2,1-2H3. The van der Waals surface area contributed by atoms with Gasteiger partial charge < -0.3 is 10.3 Å². The molecular formula is C12H19N3. The fourth-order valence-electron chi connectivity index (χ4n) is 2.12. The van der Waals surface area contributed by atoms with Gasteiger partial charge in [-0.05, 0) is 33.1 Å². The van der Waals surface area contributed by atoms with Gasteiger partial charge in [0.25, 0.3) is 0 Å². The monoisotopic (exact) mass is 205 g/mol. The molecule has 1 heterocycles. The van der Waals surface area contributed by atoms with Crippen molar-refractivity contribution in [1.82, 2.24) is 9.55 Å². The van der Waals surface area contributed by atoms with Crippen LogP contribution in [0.5, 0.6) is 0 Å². The van der Waals surface area contributed by atoms with Crippen LogP contribution >= 0.6 is 0 Å². The first-order valence-corrected chi connectivity index (χ1v) is 5.55. The second-order valence-corrected chi connectivity index (χ2v) is 4.85. The molecule has 82 valence electrons. The van der Waals surface area contributed by atoms with Gasteiger partial charge in [0.1, 0.15) is 0 Å². The summed E-state index contributed by atoms with van der Waals surface area (Å²) >= 11 is 0. The Morgan fingerprint density at radius 2 is 2.27 bits per heavy atom. The van der Waals surface area contributed by atoms with Crippen LogP contribution in [0.3, 0.4) is 0 Å². The molecule has 1 atom stereocenters. The third kappa shape index (κ3) is 2.12. The molecule has 0 bridgehead atoms. The minimum Gasteiger partial charge on any atom is -0.330 e. The summed E-state index contributed by atoms with van der Waals surface area (Å²) < 4.78 is 2.24. The van der Waals surface area contributed by atoms with E-state index in [1.165, 1.54) is 6.42 Å². The number of imidazole rings is 1. The first-order valence-electron chi connectivity index (χ1n) is 5.55. The molecule has 1 unspecified atom stereocenters. The molecule has 1 aliphatic carbocycles. The largest absolute Gasteiger partial charge is 0.330 e. The van der Waals surface area contributed by atoms with Gasteiger partial charge in [0.2, 0.25) is 0 Å². The number of nitrogens with zero attached hydrogens (tertiary/aromatic N) is 2. The molecule has 0 saturated heterocycles. The van der Waals surface area contributed by atoms with Crippen molar-refractivity contribution in [1.29, 1.82) is 0 Å². The second-order valence-electron chi connectivity index (χ2n) is 4.85. The SMILES string of the molecule is CC(C)(N)c1cncn1C1CC=CCC1. The molecule has 0 saturated carbocycles. The summed E-state index contributed by atoms with van der Waals surface area (Å²) in [6.45, 7) is 4.05. The van der Waals surface area contributed by atoms with Gasteiger partial charge in [-0.1, -0.05) is 12.2 Å². The van der Waals surface area contributed by atoms with Crippen LogP contribution in [0.15, 0.2) is 24.7 Å². The lowest BCUT2D eigenvalue weighted by atomic mass is 9.98. The van der Waals surface area contributed by atoms with E-state index in [9.17, 15) is 0 Å². The van der Waals surface area contributed by atoms with Crippen LogP contribution in [-0.4, -0.2) is 9.55 Å². The van der Waals surface area contributed by atoms with Gasteiger partial charge in [-0.2, -0.15) is 0 Å². The van der Waals surface area contributed by atoms with Gasteiger partial charge in [-0.3, -0.25) is 0 Å². The molecule has 0 radical (unpaired) electrons. The maximum Gasteiger partial charge on any atom is 0.0951 e. The average Bonchev–Trinajstić information content (AvgIpc) is 2.67. The lowest BCUT2D eigenvalue weighted by Gasteiger charge is -2.27. The zero-order valence-corrected chi connectivity index (χ0v) is 9.48. The molecule has 1 aromatic heterocycles. The van der Waals surface area contributed by atoms with Crippen LogP contribution in [0, 0.1) is 0 Å². The quantitative estimate of drug-likeness (QED) is 0.753. The fraction of sp³-hybridized carbons (Fsp3) is 0.583. The number of hydrogen-bond acceptors (Lipinski definition) is 2. The number of nitrogens with two attached hydrogens (primary N) is 1. The van der Waals surface area contributed by atoms with E-state index in [2.05, 4.69) is 21.7 Å². The zero-order valence-electron chi connectivity index (χ0n) is 9.48. The zero-order chi connectivity index (χ0) is 10.9. The van der Waals surface area contributed by atoms with E-state index in [1.54, 1.807) is 0 Å². The van der Waals surface area contributed by atoms with Crippen LogP contribution < -0.4 is 5.73 Å². The maximum absolute atomic E-state index is 6.13. The van der Waals surface area contributed by atoms with Crippen LogP contribution in [0.2, 0.25) is 0 Å². The Balaban J connectivity index is 2.28. The topological polar surface area (TPSA) is 43.8 Å². The minimum atomic E-state index is -0.308. The van der Waals surface area contributed by atoms with Gasteiger partial charge in [-0.15, -0.1) is 0 Å². The molecule has 0 aliphatic heterocycles. The maximum atomic E-state index is 6.13. The summed E-state index contributed by atoms with van der Waals surface area (Å²) in [4.78, 5) is 4.22. The molecule has 3 heteroatoms. The highest BCUT2D eigenvalue weighted by Crippen LogP contribution is 2.28. The van der Waals surface area contributed by atoms with Crippen LogP contribution in [0.25, 0.3) is 0 Å². The Hall–Kier alpha value is -1.09. The van der Waals surface area contributed by atoms with Crippen molar-refractivity contribution in [3.63, 3.8) is 0 Å². The van der Waals surface area contributed by atoms with Crippen molar-refractivity contribution in [2.24, 2.45) is 5.73 Å². The lowest BCUT2D eigenvalue weighted by molar-refractivity contribution is 0.407. The Kier molecular flexibility index (Phi) is 2.65. The van der Waals surface area contributed by atoms with Crippen LogP contribution in [0.1, 0.15) is 44.8 Å². The highest BCUT2D eigenvalue weighted by atomic mass is 15.1. The van der Waals surface area contributed by atoms with Gasteiger partial charge in [-0.25, -0.2) is 4.98 Å². The van der Waals surface area contributed by atoms with E-state index in [0.717, 1.165) is 18.5 Å². The number of hydrogen-bond donors (Lipinski definition) is 1. The molecule has 2 N–H and O–H groups in total. The minimum absolute atomic E-state index is 0.308. The summed E-state index contributed by atoms with van der Waals surface area (Å²) in [6.07, 6.45) is 11.7. The van der Waals surface area contributed by atoms with Crippen molar-refractivity contribution < 1.29 is 0 Å². The molecule has 0 spiro atoms. The van der Waals surface area contributed by atoms with Gasteiger partial charge in [0.15, 0.2) is 0 Å². The van der Waals surface area contributed by atoms with Gasteiger partial charge in [0, 0.05) is 12.2 Å². The van der Waals surface area contributed by atoms with E-state index in [0.29, 0.717) is 6.04 Å². The predicted molar refractivity (Wildman–Crippen MR) is 61.5 cm³/mol. The van der Waals surface area contributed by atoms with E-state index in [1.807, 2.05) is 26.4 Å². The highest BCUT2D eigenvalue weighted by molar-refractivity contribution is 5.12. The summed E-state index contributed by atoms with van der Waals surface area (Å²) in [5.74, 6) is 0. The first kappa shape index (κ1) is 10.4. The Morgan fingerprint density at radius 1 is 1.47 bits per heavy atom. The van der Waals surface area contributed by atoms with Crippen molar-refractivity contribution in [3.05, 3.63) is 30.4 Å². The smallest absolute Gasteiger partial charge is 0.0951 e. The van der Waals surface area contributed by atoms with E-state index in [4.69, 9.17) is 5.73 Å². The van der Waals surface area contributed by atoms with E-state index < -0.39 is 0 Å². The van der Waals surface area contributed by atoms with Gasteiger partial charge in [0.05, 0.1) is 17.6 Å². The highest BCUT2D eigenvalue weighted by Gasteiger charge is 2.23. The summed E-state index contributed by atoms with van der Waals surface area (Å²) in [6, 6.07) is 0.537. The van der Waals surface area contributed by atoms with E-state index >= 15 is 0 Å². The average molecular weight is 205 g/mol. The number of rotatable bonds is 2. The summed E-state index contributed by atoms with van der Waals surface area (Å²) in [5.41, 5.74) is 6.95. The van der Waals surface area contributed by atoms with Crippen molar-refractivity contribution in [3.8, 4) is 0 Å². The molecule has 15 heavy (non-hydrogen) atoms. The third-order valence-corrected chi connectivity index (χ3v) is 2.96. The second kappa shape index (κ2) is 3.81. The van der Waals surface area contributed by atoms with Gasteiger partial charge >= 0.3 is 0 Å². The summed E-state index contributed by atoms with van der Waals surface area (Å²) in [5, 5.41) is 0. The number of allylic oxidation sites excluding steroid dienone is 2. The molecule has 2 rings (SSSR count). The molecular weight excluding hydrogens is 186 g/mol. The normalized spacial score (nSPS) is 21.9. The molecule has 0 aromatic carbocycles. The van der Waals surface area contributed by atoms with Crippen LogP contribution in [-0.2, 0) is 5.54 Å². The molecule has 1 aromatic rings. The summed E-state index contributed by atoms with van der Waals surface area (Å²) in [7, 11) is 0. The van der Waals surface area contributed by atoms with E-state index in [-0.39, 0.29) is 5.54 Å². The molecule has 0 amide bonds. The Labute approximate surface area is 91.0 Å². The third-order valence-electron chi connectivity index (χ3n) is 2.96.